The highest BCUT2D eigenvalue weighted by atomic mass is 19.3. The Balaban J connectivity index is 1.81. The van der Waals surface area contributed by atoms with Crippen molar-refractivity contribution in [3.05, 3.63) is 59.7 Å². The first-order valence-corrected chi connectivity index (χ1v) is 10.1. The molecule has 1 saturated heterocycles. The number of rotatable bonds is 8. The fourth-order valence-electron chi connectivity index (χ4n) is 3.44. The molecule has 0 aliphatic carbocycles. The molecule has 2 atom stereocenters. The van der Waals surface area contributed by atoms with Gasteiger partial charge < -0.3 is 24.8 Å². The summed E-state index contributed by atoms with van der Waals surface area (Å²) in [5.41, 5.74) is -0.363. The molecule has 1 aliphatic heterocycles. The third-order valence-electron chi connectivity index (χ3n) is 5.61. The molecule has 10 heteroatoms. The van der Waals surface area contributed by atoms with Crippen LogP contribution < -0.4 is 10.1 Å². The number of benzene rings is 2. The first-order valence-electron chi connectivity index (χ1n) is 10.1. The van der Waals surface area contributed by atoms with Crippen molar-refractivity contribution < 1.29 is 37.7 Å². The van der Waals surface area contributed by atoms with Crippen molar-refractivity contribution in [1.82, 2.24) is 10.2 Å². The largest absolute Gasteiger partial charge is 0.508 e. The number of alkyl halides is 2. The van der Waals surface area contributed by atoms with E-state index in [-0.39, 0.29) is 42.5 Å². The number of Topliss-reactive ketones (excluding diaryl/α,β-unsaturated/α-hetero) is 1. The summed E-state index contributed by atoms with van der Waals surface area (Å²) < 4.78 is 34.2. The molecule has 0 bridgehead atoms. The maximum absolute atomic E-state index is 13.3. The first-order chi connectivity index (χ1) is 15.6. The number of phenolic OH excluding ortho intramolecular Hbond substituents is 1. The van der Waals surface area contributed by atoms with E-state index in [0.717, 1.165) is 0 Å². The normalized spacial score (nSPS) is 18.8. The minimum absolute atomic E-state index is 0.0412. The van der Waals surface area contributed by atoms with Crippen molar-refractivity contribution >= 4 is 17.6 Å². The van der Waals surface area contributed by atoms with E-state index in [2.05, 4.69) is 10.1 Å². The summed E-state index contributed by atoms with van der Waals surface area (Å²) in [7, 11) is 1.47. The lowest BCUT2D eigenvalue weighted by atomic mass is 9.96. The molecular weight excluding hydrogens is 438 g/mol. The summed E-state index contributed by atoms with van der Waals surface area (Å²) in [5, 5.41) is 12.2. The van der Waals surface area contributed by atoms with Gasteiger partial charge in [0.2, 0.25) is 5.91 Å². The second-order valence-electron chi connectivity index (χ2n) is 7.89. The minimum atomic E-state index is -2.99. The number of hydrogen-bond acceptors (Lipinski definition) is 6. The van der Waals surface area contributed by atoms with Crippen LogP contribution in [0.15, 0.2) is 48.5 Å². The summed E-state index contributed by atoms with van der Waals surface area (Å²) in [6.45, 7) is -1.45. The maximum atomic E-state index is 13.3. The number of likely N-dealkylation sites (N-methyl/N-ethyl adjacent to an activating group) is 1. The van der Waals surface area contributed by atoms with Crippen LogP contribution in [-0.2, 0) is 20.7 Å². The van der Waals surface area contributed by atoms with Crippen molar-refractivity contribution in [3.8, 4) is 11.5 Å². The predicted molar refractivity (Wildman–Crippen MR) is 113 cm³/mol. The minimum Gasteiger partial charge on any atom is -0.508 e. The van der Waals surface area contributed by atoms with E-state index in [4.69, 9.17) is 4.74 Å². The Bertz CT molecular complexity index is 1010. The fourth-order valence-corrected chi connectivity index (χ4v) is 3.44. The average molecular weight is 462 g/mol. The van der Waals surface area contributed by atoms with Crippen LogP contribution >= 0.6 is 0 Å². The zero-order valence-corrected chi connectivity index (χ0v) is 18.1. The van der Waals surface area contributed by atoms with Gasteiger partial charge in [0.1, 0.15) is 29.7 Å². The van der Waals surface area contributed by atoms with Crippen LogP contribution in [-0.4, -0.2) is 66.1 Å². The van der Waals surface area contributed by atoms with E-state index in [1.54, 1.807) is 19.1 Å². The number of carbonyl (C=O) groups excluding carboxylic acids is 3. The average Bonchev–Trinajstić information content (AvgIpc) is 3.13. The van der Waals surface area contributed by atoms with E-state index in [1.165, 1.54) is 48.3 Å². The smallest absolute Gasteiger partial charge is 0.387 e. The maximum Gasteiger partial charge on any atom is 0.387 e. The second-order valence-corrected chi connectivity index (χ2v) is 7.89. The molecule has 1 aliphatic rings. The predicted octanol–water partition coefficient (Wildman–Crippen LogP) is 2.15. The van der Waals surface area contributed by atoms with Gasteiger partial charge in [0, 0.05) is 19.0 Å². The van der Waals surface area contributed by atoms with Crippen LogP contribution in [0.25, 0.3) is 0 Å². The lowest BCUT2D eigenvalue weighted by Gasteiger charge is -2.35. The number of hydrogen-bond donors (Lipinski definition) is 2. The molecule has 2 N–H and O–H groups in total. The van der Waals surface area contributed by atoms with Crippen molar-refractivity contribution in [2.45, 2.75) is 31.5 Å². The molecule has 8 nitrogen and oxygen atoms in total. The van der Waals surface area contributed by atoms with Crippen LogP contribution in [0.3, 0.4) is 0 Å². The number of ether oxygens (including phenoxy) is 2. The zero-order chi connectivity index (χ0) is 24.2. The highest BCUT2D eigenvalue weighted by Gasteiger charge is 2.45. The lowest BCUT2D eigenvalue weighted by Crippen LogP contribution is -2.58. The summed E-state index contributed by atoms with van der Waals surface area (Å²) in [5.74, 6) is -1.41. The molecule has 176 valence electrons. The van der Waals surface area contributed by atoms with Crippen LogP contribution in [0.4, 0.5) is 8.78 Å². The molecule has 33 heavy (non-hydrogen) atoms. The van der Waals surface area contributed by atoms with E-state index in [0.29, 0.717) is 5.56 Å². The van der Waals surface area contributed by atoms with Crippen LogP contribution in [0.2, 0.25) is 0 Å². The quantitative estimate of drug-likeness (QED) is 0.623. The standard InChI is InChI=1S/C23H24F2N2O6/c1-23(13-32-12-19(23)29)27(2)21(31)18(11-14-3-7-16(28)8-4-14)26-20(30)15-5-9-17(10-6-15)33-22(24)25/h3-10,18,22,28H,11-13H2,1-2H3,(H,26,30). The van der Waals surface area contributed by atoms with Gasteiger partial charge >= 0.3 is 6.61 Å². The Kier molecular flexibility index (Phi) is 7.27. The molecule has 1 fully saturated rings. The summed E-state index contributed by atoms with van der Waals surface area (Å²) in [4.78, 5) is 39.8. The Morgan fingerprint density at radius 3 is 2.36 bits per heavy atom. The molecule has 0 spiro atoms. The van der Waals surface area contributed by atoms with Crippen LogP contribution in [0, 0.1) is 0 Å². The number of ketones is 1. The van der Waals surface area contributed by atoms with Gasteiger partial charge in [0.25, 0.3) is 5.91 Å². The van der Waals surface area contributed by atoms with Crippen molar-refractivity contribution in [1.29, 1.82) is 0 Å². The SMILES string of the molecule is CN(C(=O)C(Cc1ccc(O)cc1)NC(=O)c1ccc(OC(F)F)cc1)C1(C)COCC1=O. The fraction of sp³-hybridized carbons (Fsp3) is 0.348. The Morgan fingerprint density at radius 2 is 1.82 bits per heavy atom. The van der Waals surface area contributed by atoms with Gasteiger partial charge in [0.15, 0.2) is 5.78 Å². The van der Waals surface area contributed by atoms with Crippen molar-refractivity contribution in [2.24, 2.45) is 0 Å². The number of nitrogens with one attached hydrogen (secondary N) is 1. The molecule has 0 radical (unpaired) electrons. The topological polar surface area (TPSA) is 105 Å². The zero-order valence-electron chi connectivity index (χ0n) is 18.1. The number of amides is 2. The van der Waals surface area contributed by atoms with E-state index in [9.17, 15) is 28.3 Å². The molecule has 0 saturated carbocycles. The highest BCUT2D eigenvalue weighted by Crippen LogP contribution is 2.23. The number of aromatic hydroxyl groups is 1. The van der Waals surface area contributed by atoms with Crippen LogP contribution in [0.1, 0.15) is 22.8 Å². The van der Waals surface area contributed by atoms with Gasteiger partial charge in [-0.1, -0.05) is 12.1 Å². The molecule has 2 amide bonds. The van der Waals surface area contributed by atoms with E-state index < -0.39 is 30.0 Å². The highest BCUT2D eigenvalue weighted by molar-refractivity contribution is 6.00. The molecule has 2 aromatic carbocycles. The van der Waals surface area contributed by atoms with Gasteiger partial charge in [-0.15, -0.1) is 0 Å². The summed E-state index contributed by atoms with van der Waals surface area (Å²) in [6, 6.07) is 10.1. The molecule has 3 rings (SSSR count). The number of phenols is 1. The molecule has 0 aromatic heterocycles. The summed E-state index contributed by atoms with van der Waals surface area (Å²) in [6.07, 6.45) is 0.0902. The van der Waals surface area contributed by atoms with Crippen molar-refractivity contribution in [3.63, 3.8) is 0 Å². The lowest BCUT2D eigenvalue weighted by molar-refractivity contribution is -0.142. The molecule has 2 unspecified atom stereocenters. The van der Waals surface area contributed by atoms with Gasteiger partial charge in [-0.3, -0.25) is 14.4 Å². The number of halogens is 2. The van der Waals surface area contributed by atoms with E-state index in [1.807, 2.05) is 0 Å². The van der Waals surface area contributed by atoms with Gasteiger partial charge in [0.05, 0.1) is 6.61 Å². The Labute approximate surface area is 189 Å². The molecular formula is C23H24F2N2O6. The van der Waals surface area contributed by atoms with E-state index >= 15 is 0 Å². The molecule has 1 heterocycles. The third-order valence-corrected chi connectivity index (χ3v) is 5.61. The third kappa shape index (κ3) is 5.64. The second kappa shape index (κ2) is 9.95. The van der Waals surface area contributed by atoms with Gasteiger partial charge in [-0.25, -0.2) is 0 Å². The Hall–Kier alpha value is -3.53. The molecule has 2 aromatic rings. The number of nitrogens with zero attached hydrogens (tertiary/aromatic N) is 1. The van der Waals surface area contributed by atoms with Crippen molar-refractivity contribution in [2.75, 3.05) is 20.3 Å². The monoisotopic (exact) mass is 462 g/mol. The summed E-state index contributed by atoms with van der Waals surface area (Å²) >= 11 is 0. The van der Waals surface area contributed by atoms with Gasteiger partial charge in [-0.2, -0.15) is 8.78 Å². The van der Waals surface area contributed by atoms with Gasteiger partial charge in [-0.05, 0) is 48.9 Å². The Morgan fingerprint density at radius 1 is 1.18 bits per heavy atom. The first kappa shape index (κ1) is 24.1. The van der Waals surface area contributed by atoms with Crippen LogP contribution in [0.5, 0.6) is 11.5 Å². The number of carbonyl (C=O) groups is 3.